The zero-order valence-electron chi connectivity index (χ0n) is 9.72. The molecule has 2 rings (SSSR count). The van der Waals surface area contributed by atoms with Gasteiger partial charge < -0.3 is 11.1 Å². The highest BCUT2D eigenvalue weighted by molar-refractivity contribution is 6.32. The van der Waals surface area contributed by atoms with Crippen LogP contribution in [0.25, 0.3) is 0 Å². The van der Waals surface area contributed by atoms with E-state index in [1.54, 1.807) is 18.2 Å². The minimum Gasteiger partial charge on any atom is -0.383 e. The highest BCUT2D eigenvalue weighted by Crippen LogP contribution is 2.21. The predicted octanol–water partition coefficient (Wildman–Crippen LogP) is 2.44. The van der Waals surface area contributed by atoms with E-state index in [2.05, 4.69) is 10.3 Å². The summed E-state index contributed by atoms with van der Waals surface area (Å²) in [6.45, 7) is 0. The van der Waals surface area contributed by atoms with Crippen molar-refractivity contribution in [2.75, 3.05) is 11.1 Å². The molecule has 94 valence electrons. The first-order valence-corrected chi connectivity index (χ1v) is 5.71. The number of hydrogen-bond donors (Lipinski definition) is 2. The van der Waals surface area contributed by atoms with Crippen LogP contribution in [0.15, 0.2) is 36.5 Å². The Morgan fingerprint density at radius 2 is 2.21 bits per heavy atom. The van der Waals surface area contributed by atoms with E-state index < -0.39 is 0 Å². The number of nitrogen functional groups attached to an aromatic ring is 1. The lowest BCUT2D eigenvalue weighted by molar-refractivity contribution is 0.102. The van der Waals surface area contributed by atoms with E-state index >= 15 is 0 Å². The number of pyridine rings is 1. The maximum Gasteiger partial charge on any atom is 0.259 e. The van der Waals surface area contributed by atoms with Crippen LogP contribution in [0.2, 0.25) is 5.02 Å². The van der Waals surface area contributed by atoms with Gasteiger partial charge in [0.25, 0.3) is 5.91 Å². The summed E-state index contributed by atoms with van der Waals surface area (Å²) in [5.74, 6) is -0.230. The number of nitrogens with zero attached hydrogens (tertiary/aromatic N) is 2. The number of benzene rings is 1. The lowest BCUT2D eigenvalue weighted by Gasteiger charge is -2.07. The van der Waals surface area contributed by atoms with E-state index in [0.29, 0.717) is 11.3 Å². The SMILES string of the molecule is N#Cc1ccc(NC(=O)c2cccnc2N)cc1Cl. The third kappa shape index (κ3) is 2.81. The molecule has 0 radical (unpaired) electrons. The summed E-state index contributed by atoms with van der Waals surface area (Å²) in [4.78, 5) is 15.8. The summed E-state index contributed by atoms with van der Waals surface area (Å²) < 4.78 is 0. The Kier molecular flexibility index (Phi) is 3.64. The third-order valence-corrected chi connectivity index (χ3v) is 2.74. The smallest absolute Gasteiger partial charge is 0.259 e. The number of carbonyl (C=O) groups is 1. The van der Waals surface area contributed by atoms with Gasteiger partial charge in [-0.25, -0.2) is 4.98 Å². The van der Waals surface area contributed by atoms with Gasteiger partial charge in [0.1, 0.15) is 11.9 Å². The van der Waals surface area contributed by atoms with Gasteiger partial charge in [-0.05, 0) is 30.3 Å². The van der Waals surface area contributed by atoms with E-state index in [9.17, 15) is 4.79 Å². The minimum absolute atomic E-state index is 0.153. The van der Waals surface area contributed by atoms with E-state index in [1.165, 1.54) is 18.3 Å². The van der Waals surface area contributed by atoms with Crippen molar-refractivity contribution in [3.8, 4) is 6.07 Å². The van der Waals surface area contributed by atoms with Gasteiger partial charge in [0.2, 0.25) is 0 Å². The van der Waals surface area contributed by atoms with Crippen molar-refractivity contribution in [3.63, 3.8) is 0 Å². The van der Waals surface area contributed by atoms with E-state index in [1.807, 2.05) is 6.07 Å². The molecule has 1 aromatic heterocycles. The summed E-state index contributed by atoms with van der Waals surface area (Å²) in [7, 11) is 0. The molecule has 0 atom stereocenters. The van der Waals surface area contributed by atoms with Gasteiger partial charge in [0.15, 0.2) is 0 Å². The zero-order valence-corrected chi connectivity index (χ0v) is 10.5. The number of anilines is 2. The molecule has 19 heavy (non-hydrogen) atoms. The molecule has 0 fully saturated rings. The first kappa shape index (κ1) is 12.9. The van der Waals surface area contributed by atoms with Gasteiger partial charge in [-0.3, -0.25) is 4.79 Å². The van der Waals surface area contributed by atoms with Crippen LogP contribution >= 0.6 is 11.6 Å². The molecule has 2 aromatic rings. The topological polar surface area (TPSA) is 91.8 Å². The Balaban J connectivity index is 2.23. The second kappa shape index (κ2) is 5.38. The summed E-state index contributed by atoms with van der Waals surface area (Å²) in [5.41, 5.74) is 6.72. The van der Waals surface area contributed by atoms with Gasteiger partial charge >= 0.3 is 0 Å². The fourth-order valence-electron chi connectivity index (χ4n) is 1.49. The maximum atomic E-state index is 12.0. The lowest BCUT2D eigenvalue weighted by Crippen LogP contribution is -2.14. The van der Waals surface area contributed by atoms with Crippen LogP contribution in [0.1, 0.15) is 15.9 Å². The molecule has 1 amide bonds. The second-order valence-electron chi connectivity index (χ2n) is 3.70. The molecule has 1 heterocycles. The Bertz CT molecular complexity index is 679. The zero-order chi connectivity index (χ0) is 13.8. The molecule has 3 N–H and O–H groups in total. The average Bonchev–Trinajstić information content (AvgIpc) is 2.39. The second-order valence-corrected chi connectivity index (χ2v) is 4.10. The number of hydrogen-bond acceptors (Lipinski definition) is 4. The molecule has 0 aliphatic rings. The van der Waals surface area contributed by atoms with Gasteiger partial charge in [0, 0.05) is 11.9 Å². The van der Waals surface area contributed by atoms with Crippen LogP contribution in [0.5, 0.6) is 0 Å². The number of nitriles is 1. The van der Waals surface area contributed by atoms with Crippen molar-refractivity contribution in [1.82, 2.24) is 4.98 Å². The third-order valence-electron chi connectivity index (χ3n) is 2.43. The molecule has 0 aliphatic heterocycles. The number of amides is 1. The largest absolute Gasteiger partial charge is 0.383 e. The molecule has 0 saturated carbocycles. The molecule has 0 unspecified atom stereocenters. The molecule has 5 nitrogen and oxygen atoms in total. The average molecular weight is 273 g/mol. The Morgan fingerprint density at radius 3 is 2.84 bits per heavy atom. The Morgan fingerprint density at radius 1 is 1.42 bits per heavy atom. The summed E-state index contributed by atoms with van der Waals surface area (Å²) >= 11 is 5.88. The van der Waals surface area contributed by atoms with Crippen molar-refractivity contribution in [3.05, 3.63) is 52.7 Å². The van der Waals surface area contributed by atoms with Gasteiger partial charge in [0.05, 0.1) is 16.1 Å². The number of aromatic nitrogens is 1. The van der Waals surface area contributed by atoms with Gasteiger partial charge in [-0.2, -0.15) is 5.26 Å². The molecular weight excluding hydrogens is 264 g/mol. The van der Waals surface area contributed by atoms with Crippen LogP contribution in [-0.4, -0.2) is 10.9 Å². The quantitative estimate of drug-likeness (QED) is 0.878. The van der Waals surface area contributed by atoms with Gasteiger partial charge in [-0.15, -0.1) is 0 Å². The van der Waals surface area contributed by atoms with Crippen LogP contribution < -0.4 is 11.1 Å². The number of nitrogens with two attached hydrogens (primary N) is 1. The Hall–Kier alpha value is -2.58. The van der Waals surface area contributed by atoms with E-state index in [4.69, 9.17) is 22.6 Å². The van der Waals surface area contributed by atoms with Crippen LogP contribution in [0, 0.1) is 11.3 Å². The molecular formula is C13H9ClN4O. The monoisotopic (exact) mass is 272 g/mol. The summed E-state index contributed by atoms with van der Waals surface area (Å²) in [6, 6.07) is 9.77. The van der Waals surface area contributed by atoms with Crippen LogP contribution in [0.3, 0.4) is 0 Å². The van der Waals surface area contributed by atoms with Crippen molar-refractivity contribution in [2.45, 2.75) is 0 Å². The van der Waals surface area contributed by atoms with Crippen molar-refractivity contribution in [2.24, 2.45) is 0 Å². The standard InChI is InChI=1S/C13H9ClN4O/c14-11-6-9(4-3-8(11)7-15)18-13(19)10-2-1-5-17-12(10)16/h1-6H,(H2,16,17)(H,18,19). The highest BCUT2D eigenvalue weighted by Gasteiger charge is 2.11. The number of halogens is 1. The molecule has 0 spiro atoms. The minimum atomic E-state index is -0.383. The highest BCUT2D eigenvalue weighted by atomic mass is 35.5. The molecule has 0 bridgehead atoms. The fourth-order valence-corrected chi connectivity index (χ4v) is 1.71. The molecule has 6 heteroatoms. The van der Waals surface area contributed by atoms with Crippen LogP contribution in [0.4, 0.5) is 11.5 Å². The number of rotatable bonds is 2. The van der Waals surface area contributed by atoms with Crippen molar-refractivity contribution in [1.29, 1.82) is 5.26 Å². The lowest BCUT2D eigenvalue weighted by atomic mass is 10.2. The first-order valence-electron chi connectivity index (χ1n) is 5.33. The fraction of sp³-hybridized carbons (Fsp3) is 0. The van der Waals surface area contributed by atoms with Crippen molar-refractivity contribution < 1.29 is 4.79 Å². The maximum absolute atomic E-state index is 12.0. The number of nitrogens with one attached hydrogen (secondary N) is 1. The van der Waals surface area contributed by atoms with Crippen molar-refractivity contribution >= 4 is 29.0 Å². The summed E-state index contributed by atoms with van der Waals surface area (Å²) in [5, 5.41) is 11.7. The first-order chi connectivity index (χ1) is 9.11. The van der Waals surface area contributed by atoms with Gasteiger partial charge in [-0.1, -0.05) is 11.6 Å². The Labute approximate surface area is 114 Å². The normalized spacial score (nSPS) is 9.68. The predicted molar refractivity (Wildman–Crippen MR) is 72.8 cm³/mol. The molecule has 0 saturated heterocycles. The number of carbonyl (C=O) groups excluding carboxylic acids is 1. The summed E-state index contributed by atoms with van der Waals surface area (Å²) in [6.07, 6.45) is 1.50. The van der Waals surface area contributed by atoms with E-state index in [-0.39, 0.29) is 22.3 Å². The molecule has 0 aliphatic carbocycles. The van der Waals surface area contributed by atoms with Crippen LogP contribution in [-0.2, 0) is 0 Å². The molecule has 1 aromatic carbocycles. The van der Waals surface area contributed by atoms with E-state index in [0.717, 1.165) is 0 Å².